The molecule has 0 saturated heterocycles. The van der Waals surface area contributed by atoms with E-state index in [9.17, 15) is 5.11 Å². The molecule has 17 heavy (non-hydrogen) atoms. The van der Waals surface area contributed by atoms with Gasteiger partial charge < -0.3 is 15.3 Å². The van der Waals surface area contributed by atoms with E-state index in [-0.39, 0.29) is 6.10 Å². The van der Waals surface area contributed by atoms with Crippen molar-refractivity contribution < 1.29 is 5.11 Å². The molecule has 1 aliphatic carbocycles. The van der Waals surface area contributed by atoms with Crippen LogP contribution in [0.4, 0.5) is 5.69 Å². The number of nitrogens with one attached hydrogen (secondary N) is 1. The second-order valence-electron chi connectivity index (χ2n) is 5.05. The van der Waals surface area contributed by atoms with Crippen LogP contribution < -0.4 is 10.2 Å². The van der Waals surface area contributed by atoms with E-state index in [0.717, 1.165) is 18.3 Å². The van der Waals surface area contributed by atoms with Crippen molar-refractivity contribution in [3.05, 3.63) is 29.8 Å². The van der Waals surface area contributed by atoms with Gasteiger partial charge in [-0.2, -0.15) is 0 Å². The molecule has 0 amide bonds. The largest absolute Gasteiger partial charge is 0.392 e. The number of nitrogens with zero attached hydrogens (tertiary/aromatic N) is 1. The Bertz CT molecular complexity index is 344. The van der Waals surface area contributed by atoms with Crippen LogP contribution in [-0.4, -0.2) is 30.8 Å². The molecule has 1 fully saturated rings. The zero-order valence-electron chi connectivity index (χ0n) is 10.7. The Labute approximate surface area is 103 Å². The topological polar surface area (TPSA) is 35.5 Å². The highest BCUT2D eigenvalue weighted by Crippen LogP contribution is 2.20. The summed E-state index contributed by atoms with van der Waals surface area (Å²) in [6.45, 7) is 3.44. The van der Waals surface area contributed by atoms with Gasteiger partial charge in [0.15, 0.2) is 0 Å². The van der Waals surface area contributed by atoms with Gasteiger partial charge in [0.1, 0.15) is 0 Å². The molecule has 0 aromatic heterocycles. The van der Waals surface area contributed by atoms with Gasteiger partial charge in [-0.15, -0.1) is 0 Å². The summed E-state index contributed by atoms with van der Waals surface area (Å²) in [4.78, 5) is 2.07. The van der Waals surface area contributed by atoms with Crippen LogP contribution in [-0.2, 0) is 6.54 Å². The monoisotopic (exact) mass is 234 g/mol. The summed E-state index contributed by atoms with van der Waals surface area (Å²) in [7, 11) is 2.00. The predicted molar refractivity (Wildman–Crippen MR) is 71.3 cm³/mol. The van der Waals surface area contributed by atoms with Crippen molar-refractivity contribution in [1.29, 1.82) is 0 Å². The molecular weight excluding hydrogens is 212 g/mol. The van der Waals surface area contributed by atoms with Gasteiger partial charge in [0.05, 0.1) is 6.10 Å². The Balaban J connectivity index is 1.87. The lowest BCUT2D eigenvalue weighted by Crippen LogP contribution is -2.26. The molecule has 1 unspecified atom stereocenters. The summed E-state index contributed by atoms with van der Waals surface area (Å²) in [5, 5.41) is 12.8. The third-order valence-electron chi connectivity index (χ3n) is 3.09. The molecule has 0 heterocycles. The van der Waals surface area contributed by atoms with Crippen molar-refractivity contribution in [3.63, 3.8) is 0 Å². The Kier molecular flexibility index (Phi) is 4.02. The Hall–Kier alpha value is -1.06. The lowest BCUT2D eigenvalue weighted by atomic mass is 10.2. The summed E-state index contributed by atoms with van der Waals surface area (Å²) in [5.41, 5.74) is 2.48. The fourth-order valence-electron chi connectivity index (χ4n) is 1.92. The van der Waals surface area contributed by atoms with Gasteiger partial charge >= 0.3 is 0 Å². The first-order valence-electron chi connectivity index (χ1n) is 6.36. The lowest BCUT2D eigenvalue weighted by molar-refractivity contribution is 0.201. The molecule has 1 atom stereocenters. The van der Waals surface area contributed by atoms with E-state index in [0.29, 0.717) is 6.54 Å². The summed E-state index contributed by atoms with van der Waals surface area (Å²) < 4.78 is 0. The molecule has 2 rings (SSSR count). The molecule has 94 valence electrons. The van der Waals surface area contributed by atoms with Crippen molar-refractivity contribution in [1.82, 2.24) is 5.32 Å². The van der Waals surface area contributed by atoms with Crippen molar-refractivity contribution in [3.8, 4) is 0 Å². The van der Waals surface area contributed by atoms with E-state index in [1.54, 1.807) is 0 Å². The summed E-state index contributed by atoms with van der Waals surface area (Å²) >= 11 is 0. The van der Waals surface area contributed by atoms with E-state index < -0.39 is 0 Å². The normalized spacial score (nSPS) is 16.9. The molecule has 3 nitrogen and oxygen atoms in total. The Morgan fingerprint density at radius 1 is 1.35 bits per heavy atom. The van der Waals surface area contributed by atoms with Crippen LogP contribution in [0.2, 0.25) is 0 Å². The molecule has 2 N–H and O–H groups in total. The van der Waals surface area contributed by atoms with Crippen molar-refractivity contribution >= 4 is 5.69 Å². The van der Waals surface area contributed by atoms with Gasteiger partial charge in [0, 0.05) is 31.9 Å². The Morgan fingerprint density at radius 2 is 2.00 bits per heavy atom. The average molecular weight is 234 g/mol. The molecule has 1 aromatic carbocycles. The predicted octanol–water partition coefficient (Wildman–Crippen LogP) is 1.76. The van der Waals surface area contributed by atoms with Crippen molar-refractivity contribution in [2.75, 3.05) is 18.5 Å². The van der Waals surface area contributed by atoms with E-state index in [1.165, 1.54) is 18.4 Å². The number of aliphatic hydroxyl groups is 1. The quantitative estimate of drug-likeness (QED) is 0.787. The number of rotatable bonds is 6. The molecule has 1 aliphatic rings. The number of aliphatic hydroxyl groups excluding tert-OH is 1. The SMILES string of the molecule is CC(O)CN(C)c1ccc(CNC2CC2)cc1. The highest BCUT2D eigenvalue weighted by Gasteiger charge is 2.19. The number of benzene rings is 1. The molecule has 0 aliphatic heterocycles. The zero-order valence-corrected chi connectivity index (χ0v) is 10.7. The zero-order chi connectivity index (χ0) is 12.3. The number of hydrogen-bond acceptors (Lipinski definition) is 3. The van der Waals surface area contributed by atoms with Gasteiger partial charge in [-0.05, 0) is 37.5 Å². The maximum Gasteiger partial charge on any atom is 0.0686 e. The van der Waals surface area contributed by atoms with E-state index in [4.69, 9.17) is 0 Å². The second kappa shape index (κ2) is 5.52. The lowest BCUT2D eigenvalue weighted by Gasteiger charge is -2.21. The first-order chi connectivity index (χ1) is 8.15. The molecule has 1 saturated carbocycles. The van der Waals surface area contributed by atoms with Crippen molar-refractivity contribution in [2.24, 2.45) is 0 Å². The van der Waals surface area contributed by atoms with E-state index in [2.05, 4.69) is 34.5 Å². The second-order valence-corrected chi connectivity index (χ2v) is 5.05. The third-order valence-corrected chi connectivity index (χ3v) is 3.09. The maximum absolute atomic E-state index is 9.34. The highest BCUT2D eigenvalue weighted by atomic mass is 16.3. The number of likely N-dealkylation sites (N-methyl/N-ethyl adjacent to an activating group) is 1. The van der Waals surface area contributed by atoms with Crippen LogP contribution in [0.1, 0.15) is 25.3 Å². The third kappa shape index (κ3) is 4.02. The van der Waals surface area contributed by atoms with Crippen LogP contribution in [0.15, 0.2) is 24.3 Å². The summed E-state index contributed by atoms with van der Waals surface area (Å²) in [6.07, 6.45) is 2.36. The van der Waals surface area contributed by atoms with Crippen LogP contribution in [0, 0.1) is 0 Å². The molecule has 0 radical (unpaired) electrons. The maximum atomic E-state index is 9.34. The highest BCUT2D eigenvalue weighted by molar-refractivity contribution is 5.46. The number of hydrogen-bond donors (Lipinski definition) is 2. The van der Waals surface area contributed by atoms with Gasteiger partial charge in [0.25, 0.3) is 0 Å². The van der Waals surface area contributed by atoms with E-state index >= 15 is 0 Å². The van der Waals surface area contributed by atoms with Gasteiger partial charge in [0.2, 0.25) is 0 Å². The fourth-order valence-corrected chi connectivity index (χ4v) is 1.92. The Morgan fingerprint density at radius 3 is 2.53 bits per heavy atom. The molecule has 1 aromatic rings. The minimum Gasteiger partial charge on any atom is -0.392 e. The first-order valence-corrected chi connectivity index (χ1v) is 6.36. The first kappa shape index (κ1) is 12.4. The van der Waals surface area contributed by atoms with Crippen LogP contribution in [0.5, 0.6) is 0 Å². The molecular formula is C14H22N2O. The van der Waals surface area contributed by atoms with Gasteiger partial charge in [-0.25, -0.2) is 0 Å². The van der Waals surface area contributed by atoms with Gasteiger partial charge in [-0.3, -0.25) is 0 Å². The molecule has 0 bridgehead atoms. The average Bonchev–Trinajstić information content (AvgIpc) is 3.10. The summed E-state index contributed by atoms with van der Waals surface area (Å²) in [6, 6.07) is 9.30. The van der Waals surface area contributed by atoms with E-state index in [1.807, 2.05) is 14.0 Å². The standard InChI is InChI=1S/C14H22N2O/c1-11(17)10-16(2)14-7-3-12(4-8-14)9-15-13-5-6-13/h3-4,7-8,11,13,15,17H,5-6,9-10H2,1-2H3. The van der Waals surface area contributed by atoms with Crippen molar-refractivity contribution in [2.45, 2.75) is 38.5 Å². The van der Waals surface area contributed by atoms with Crippen LogP contribution in [0.25, 0.3) is 0 Å². The number of anilines is 1. The molecule has 3 heteroatoms. The van der Waals surface area contributed by atoms with Crippen LogP contribution >= 0.6 is 0 Å². The fraction of sp³-hybridized carbons (Fsp3) is 0.571. The molecule has 0 spiro atoms. The van der Waals surface area contributed by atoms with Gasteiger partial charge in [-0.1, -0.05) is 12.1 Å². The summed E-state index contributed by atoms with van der Waals surface area (Å²) in [5.74, 6) is 0. The smallest absolute Gasteiger partial charge is 0.0686 e. The minimum absolute atomic E-state index is 0.295. The van der Waals surface area contributed by atoms with Crippen LogP contribution in [0.3, 0.4) is 0 Å². The minimum atomic E-state index is -0.295.